The maximum atomic E-state index is 12.3. The highest BCUT2D eigenvalue weighted by atomic mass is 16.7. The monoisotopic (exact) mass is 426 g/mol. The highest BCUT2D eigenvalue weighted by molar-refractivity contribution is 5.83. The van der Waals surface area contributed by atoms with E-state index in [0.29, 0.717) is 31.0 Å². The molecule has 0 aromatic heterocycles. The molecule has 1 unspecified atom stereocenters. The number of carboxylic acid groups (broad SMARTS) is 1. The molecule has 1 saturated carbocycles. The van der Waals surface area contributed by atoms with E-state index < -0.39 is 17.2 Å². The van der Waals surface area contributed by atoms with E-state index in [1.165, 1.54) is 25.7 Å². The lowest BCUT2D eigenvalue weighted by Crippen LogP contribution is -2.54. The molecule has 0 radical (unpaired) electrons. The first kappa shape index (κ1) is 26.8. The van der Waals surface area contributed by atoms with Crippen molar-refractivity contribution in [3.63, 3.8) is 0 Å². The van der Waals surface area contributed by atoms with Gasteiger partial charge in [0.1, 0.15) is 5.78 Å². The zero-order valence-corrected chi connectivity index (χ0v) is 19.1. The number of hydrogen-bond donors (Lipinski definition) is 3. The number of carbonyl (C=O) groups is 2. The minimum atomic E-state index is -2.35. The van der Waals surface area contributed by atoms with Crippen LogP contribution in [0, 0.1) is 17.3 Å². The van der Waals surface area contributed by atoms with Gasteiger partial charge in [-0.3, -0.25) is 4.79 Å². The second-order valence-corrected chi connectivity index (χ2v) is 9.20. The van der Waals surface area contributed by atoms with Crippen molar-refractivity contribution in [2.45, 2.75) is 97.2 Å². The molecule has 0 heterocycles. The van der Waals surface area contributed by atoms with Gasteiger partial charge in [-0.2, -0.15) is 0 Å². The van der Waals surface area contributed by atoms with Crippen molar-refractivity contribution in [2.24, 2.45) is 17.3 Å². The Morgan fingerprint density at radius 1 is 1.20 bits per heavy atom. The number of ketones is 1. The first-order valence-corrected chi connectivity index (χ1v) is 11.6. The molecule has 0 spiro atoms. The smallest absolute Gasteiger partial charge is 0.364 e. The van der Waals surface area contributed by atoms with E-state index in [1.807, 2.05) is 0 Å². The molecule has 6 nitrogen and oxygen atoms in total. The summed E-state index contributed by atoms with van der Waals surface area (Å²) < 4.78 is 5.09. The summed E-state index contributed by atoms with van der Waals surface area (Å²) in [5.41, 5.74) is -1.02. The van der Waals surface area contributed by atoms with Gasteiger partial charge in [-0.25, -0.2) is 4.79 Å². The molecular formula is C24H42O6. The van der Waals surface area contributed by atoms with Crippen molar-refractivity contribution in [1.29, 1.82) is 0 Å². The molecule has 3 N–H and O–H groups in total. The Kier molecular flexibility index (Phi) is 11.8. The SMILES string of the molecule is CCCCCCC=C[C@H]1CCC(=O)[C@@H]1CCCCC(C)(C)C(O)(OCCO)C(=O)O. The van der Waals surface area contributed by atoms with Crippen LogP contribution in [0.2, 0.25) is 0 Å². The van der Waals surface area contributed by atoms with Crippen LogP contribution in [-0.4, -0.2) is 46.1 Å². The Balaban J connectivity index is 2.50. The van der Waals surface area contributed by atoms with Gasteiger partial charge in [0, 0.05) is 17.8 Å². The van der Waals surface area contributed by atoms with Crippen LogP contribution in [0.15, 0.2) is 12.2 Å². The lowest BCUT2D eigenvalue weighted by Gasteiger charge is -2.38. The van der Waals surface area contributed by atoms with Crippen molar-refractivity contribution in [1.82, 2.24) is 0 Å². The van der Waals surface area contributed by atoms with Gasteiger partial charge in [0.15, 0.2) is 0 Å². The molecule has 0 aliphatic heterocycles. The van der Waals surface area contributed by atoms with Gasteiger partial charge in [0.2, 0.25) is 0 Å². The molecule has 0 amide bonds. The van der Waals surface area contributed by atoms with Gasteiger partial charge in [-0.05, 0) is 38.0 Å². The Labute approximate surface area is 181 Å². The Hall–Kier alpha value is -1.24. The number of carboxylic acids is 1. The topological polar surface area (TPSA) is 104 Å². The van der Waals surface area contributed by atoms with Gasteiger partial charge in [0.05, 0.1) is 13.2 Å². The van der Waals surface area contributed by atoms with E-state index in [2.05, 4.69) is 19.1 Å². The highest BCUT2D eigenvalue weighted by Gasteiger charge is 2.51. The summed E-state index contributed by atoms with van der Waals surface area (Å²) in [6.07, 6.45) is 14.8. The van der Waals surface area contributed by atoms with E-state index in [4.69, 9.17) is 9.84 Å². The second-order valence-electron chi connectivity index (χ2n) is 9.20. The van der Waals surface area contributed by atoms with Gasteiger partial charge in [0.25, 0.3) is 5.79 Å². The number of ether oxygens (including phenoxy) is 1. The molecule has 1 rings (SSSR count). The highest BCUT2D eigenvalue weighted by Crippen LogP contribution is 2.39. The number of carbonyl (C=O) groups excluding carboxylic acids is 1. The van der Waals surface area contributed by atoms with Crippen molar-refractivity contribution >= 4 is 11.8 Å². The van der Waals surface area contributed by atoms with E-state index in [1.54, 1.807) is 13.8 Å². The summed E-state index contributed by atoms with van der Waals surface area (Å²) in [6.45, 7) is 4.92. The fraction of sp³-hybridized carbons (Fsp3) is 0.833. The number of aliphatic hydroxyl groups is 2. The van der Waals surface area contributed by atoms with E-state index in [0.717, 1.165) is 25.7 Å². The van der Waals surface area contributed by atoms with Crippen LogP contribution in [0.3, 0.4) is 0 Å². The number of aliphatic hydroxyl groups excluding tert-OH is 1. The first-order valence-electron chi connectivity index (χ1n) is 11.6. The average molecular weight is 427 g/mol. The number of allylic oxidation sites excluding steroid dienone is 2. The number of unbranched alkanes of at least 4 members (excludes halogenated alkanes) is 5. The van der Waals surface area contributed by atoms with Crippen LogP contribution in [0.5, 0.6) is 0 Å². The molecule has 1 aliphatic carbocycles. The van der Waals surface area contributed by atoms with E-state index >= 15 is 0 Å². The molecule has 6 heteroatoms. The normalized spacial score (nSPS) is 22.0. The van der Waals surface area contributed by atoms with Crippen LogP contribution >= 0.6 is 0 Å². The summed E-state index contributed by atoms with van der Waals surface area (Å²) in [5, 5.41) is 28.9. The maximum Gasteiger partial charge on any atom is 0.364 e. The molecule has 0 bridgehead atoms. The van der Waals surface area contributed by atoms with E-state index in [-0.39, 0.29) is 19.1 Å². The molecule has 0 aromatic rings. The van der Waals surface area contributed by atoms with Gasteiger partial charge < -0.3 is 20.1 Å². The standard InChI is InChI=1S/C24H42O6/c1-4-5-6-7-8-9-12-19-14-15-21(26)20(19)13-10-11-16-23(2,3)24(29,22(27)28)30-18-17-25/h9,12,19-20,25,29H,4-8,10-11,13-18H2,1-3H3,(H,27,28)/t19-,20+,24?/m0/s1. The summed E-state index contributed by atoms with van der Waals surface area (Å²) in [5.74, 6) is -3.08. The first-order chi connectivity index (χ1) is 14.2. The van der Waals surface area contributed by atoms with Crippen LogP contribution in [0.1, 0.15) is 91.4 Å². The number of aliphatic carboxylic acids is 1. The van der Waals surface area contributed by atoms with Crippen molar-refractivity contribution in [3.05, 3.63) is 12.2 Å². The van der Waals surface area contributed by atoms with Crippen LogP contribution in [-0.2, 0) is 14.3 Å². The molecule has 1 aliphatic rings. The van der Waals surface area contributed by atoms with Gasteiger partial charge >= 0.3 is 5.97 Å². The molecule has 0 saturated heterocycles. The number of hydrogen-bond acceptors (Lipinski definition) is 5. The summed E-state index contributed by atoms with van der Waals surface area (Å²) in [6, 6.07) is 0. The zero-order chi connectivity index (χ0) is 22.6. The summed E-state index contributed by atoms with van der Waals surface area (Å²) in [4.78, 5) is 23.9. The van der Waals surface area contributed by atoms with E-state index in [9.17, 15) is 19.8 Å². The quantitative estimate of drug-likeness (QED) is 0.191. The fourth-order valence-corrected chi connectivity index (χ4v) is 4.34. The molecular weight excluding hydrogens is 384 g/mol. The predicted molar refractivity (Wildman–Crippen MR) is 117 cm³/mol. The maximum absolute atomic E-state index is 12.3. The Bertz CT molecular complexity index is 556. The molecule has 1 fully saturated rings. The average Bonchev–Trinajstić information content (AvgIpc) is 3.05. The third-order valence-corrected chi connectivity index (χ3v) is 6.44. The van der Waals surface area contributed by atoms with Crippen LogP contribution in [0.4, 0.5) is 0 Å². The Morgan fingerprint density at radius 3 is 2.57 bits per heavy atom. The molecule has 174 valence electrons. The fourth-order valence-electron chi connectivity index (χ4n) is 4.34. The predicted octanol–water partition coefficient (Wildman–Crippen LogP) is 4.48. The molecule has 3 atom stereocenters. The number of rotatable bonds is 16. The largest absolute Gasteiger partial charge is 0.477 e. The van der Waals surface area contributed by atoms with Gasteiger partial charge in [-0.1, -0.05) is 65.0 Å². The number of Topliss-reactive ketones (excluding diaryl/α,β-unsaturated/α-hetero) is 1. The zero-order valence-electron chi connectivity index (χ0n) is 19.1. The van der Waals surface area contributed by atoms with Crippen LogP contribution < -0.4 is 0 Å². The lowest BCUT2D eigenvalue weighted by atomic mass is 9.77. The van der Waals surface area contributed by atoms with Crippen molar-refractivity contribution in [2.75, 3.05) is 13.2 Å². The lowest BCUT2D eigenvalue weighted by molar-refractivity contribution is -0.268. The van der Waals surface area contributed by atoms with Crippen LogP contribution in [0.25, 0.3) is 0 Å². The minimum Gasteiger partial charge on any atom is -0.477 e. The molecule has 30 heavy (non-hydrogen) atoms. The summed E-state index contributed by atoms with van der Waals surface area (Å²) in [7, 11) is 0. The van der Waals surface area contributed by atoms with Crippen molar-refractivity contribution in [3.8, 4) is 0 Å². The minimum absolute atomic E-state index is 0.0593. The second kappa shape index (κ2) is 13.2. The third-order valence-electron chi connectivity index (χ3n) is 6.44. The summed E-state index contributed by atoms with van der Waals surface area (Å²) >= 11 is 0. The molecule has 0 aromatic carbocycles. The van der Waals surface area contributed by atoms with Gasteiger partial charge in [-0.15, -0.1) is 0 Å². The van der Waals surface area contributed by atoms with Crippen molar-refractivity contribution < 1.29 is 29.6 Å². The third kappa shape index (κ3) is 7.78. The Morgan fingerprint density at radius 2 is 1.93 bits per heavy atom.